The van der Waals surface area contributed by atoms with E-state index in [-0.39, 0.29) is 33.4 Å². The van der Waals surface area contributed by atoms with Gasteiger partial charge in [-0.1, -0.05) is 26.3 Å². The third-order valence-electron chi connectivity index (χ3n) is 8.64. The summed E-state index contributed by atoms with van der Waals surface area (Å²) in [5.41, 5.74) is -0.0405. The normalized spacial score (nSPS) is 55.6. The third-order valence-corrected chi connectivity index (χ3v) is 8.64. The number of rotatable bonds is 2. The van der Waals surface area contributed by atoms with Crippen LogP contribution in [0.1, 0.15) is 72.1 Å². The number of fused-ring (bicyclic) bond motifs is 1. The second kappa shape index (κ2) is 4.66. The number of methoxy groups -OCH3 is 1. The molecule has 4 aliphatic rings. The summed E-state index contributed by atoms with van der Waals surface area (Å²) in [6.07, 6.45) is 10.9. The van der Waals surface area contributed by atoms with Crippen molar-refractivity contribution in [3.63, 3.8) is 0 Å². The molecule has 6 atom stereocenters. The molecule has 3 nitrogen and oxygen atoms in total. The van der Waals surface area contributed by atoms with Crippen LogP contribution in [0.3, 0.4) is 0 Å². The van der Waals surface area contributed by atoms with Crippen LogP contribution in [0.2, 0.25) is 0 Å². The molecule has 3 heteroatoms. The molecule has 0 bridgehead atoms. The summed E-state index contributed by atoms with van der Waals surface area (Å²) < 4.78 is 11.9. The SMILES string of the molecule is C=C[C@@]1(C)CC[C@@]23O[C@@]2(CC[C@H]2[C@](C)(C(=O)OC)CCC[C@@]23C)C1. The lowest BCUT2D eigenvalue weighted by Crippen LogP contribution is -2.61. The molecule has 0 aromatic carbocycles. The highest BCUT2D eigenvalue weighted by Crippen LogP contribution is 2.78. The Morgan fingerprint density at radius 3 is 2.58 bits per heavy atom. The monoisotopic (exact) mass is 332 g/mol. The molecule has 0 aromatic rings. The number of carbonyl (C=O) groups is 1. The molecule has 1 heterocycles. The van der Waals surface area contributed by atoms with Crippen LogP contribution in [0.15, 0.2) is 12.7 Å². The number of hydrogen-bond acceptors (Lipinski definition) is 3. The molecule has 0 aromatic heterocycles. The Morgan fingerprint density at radius 2 is 1.92 bits per heavy atom. The fourth-order valence-electron chi connectivity index (χ4n) is 7.26. The molecule has 0 unspecified atom stereocenters. The summed E-state index contributed by atoms with van der Waals surface area (Å²) >= 11 is 0. The van der Waals surface area contributed by atoms with Gasteiger partial charge < -0.3 is 9.47 Å². The smallest absolute Gasteiger partial charge is 0.311 e. The highest BCUT2D eigenvalue weighted by Gasteiger charge is 2.83. The van der Waals surface area contributed by atoms with Gasteiger partial charge in [0.25, 0.3) is 0 Å². The van der Waals surface area contributed by atoms with E-state index in [0.29, 0.717) is 5.92 Å². The lowest BCUT2D eigenvalue weighted by molar-refractivity contribution is -0.170. The quantitative estimate of drug-likeness (QED) is 0.420. The Balaban J connectivity index is 1.72. The number of allylic oxidation sites excluding steroid dienone is 1. The number of ether oxygens (including phenoxy) is 2. The zero-order valence-electron chi connectivity index (χ0n) is 15.7. The average Bonchev–Trinajstić information content (AvgIpc) is 3.24. The number of esters is 1. The Labute approximate surface area is 146 Å². The number of carbonyl (C=O) groups excluding carboxylic acids is 1. The Bertz CT molecular complexity index is 600. The molecule has 3 saturated carbocycles. The van der Waals surface area contributed by atoms with E-state index in [0.717, 1.165) is 44.9 Å². The zero-order valence-corrected chi connectivity index (χ0v) is 15.7. The Kier molecular flexibility index (Phi) is 3.23. The van der Waals surface area contributed by atoms with Gasteiger partial charge in [0.15, 0.2) is 0 Å². The summed E-state index contributed by atoms with van der Waals surface area (Å²) in [7, 11) is 1.54. The van der Waals surface area contributed by atoms with Crippen molar-refractivity contribution in [1.29, 1.82) is 0 Å². The molecule has 0 amide bonds. The highest BCUT2D eigenvalue weighted by molar-refractivity contribution is 5.77. The van der Waals surface area contributed by atoms with Crippen molar-refractivity contribution in [2.24, 2.45) is 22.2 Å². The van der Waals surface area contributed by atoms with Crippen molar-refractivity contribution in [2.75, 3.05) is 7.11 Å². The number of epoxide rings is 1. The molecule has 4 fully saturated rings. The summed E-state index contributed by atoms with van der Waals surface area (Å²) in [4.78, 5) is 12.6. The molecule has 4 rings (SSSR count). The van der Waals surface area contributed by atoms with Gasteiger partial charge in [-0.25, -0.2) is 0 Å². The average molecular weight is 332 g/mol. The maximum atomic E-state index is 12.6. The lowest BCUT2D eigenvalue weighted by Gasteiger charge is -2.58. The van der Waals surface area contributed by atoms with Crippen molar-refractivity contribution in [3.05, 3.63) is 12.7 Å². The van der Waals surface area contributed by atoms with Crippen molar-refractivity contribution in [3.8, 4) is 0 Å². The minimum absolute atomic E-state index is 0.0128. The van der Waals surface area contributed by atoms with Crippen LogP contribution >= 0.6 is 0 Å². The van der Waals surface area contributed by atoms with Gasteiger partial charge in [-0.05, 0) is 63.2 Å². The molecular weight excluding hydrogens is 300 g/mol. The molecular formula is C21H32O3. The first-order valence-electron chi connectivity index (χ1n) is 9.63. The first-order chi connectivity index (χ1) is 11.2. The van der Waals surface area contributed by atoms with E-state index < -0.39 is 0 Å². The van der Waals surface area contributed by atoms with E-state index in [1.165, 1.54) is 13.5 Å². The Hall–Kier alpha value is -0.830. The Morgan fingerprint density at radius 1 is 1.17 bits per heavy atom. The molecule has 0 N–H and O–H groups in total. The maximum absolute atomic E-state index is 12.6. The maximum Gasteiger partial charge on any atom is 0.311 e. The zero-order chi connectivity index (χ0) is 17.4. The summed E-state index contributed by atoms with van der Waals surface area (Å²) in [6, 6.07) is 0. The first kappa shape index (κ1) is 16.6. The molecule has 1 saturated heterocycles. The van der Waals surface area contributed by atoms with Gasteiger partial charge in [0, 0.05) is 5.41 Å². The van der Waals surface area contributed by atoms with Gasteiger partial charge in [-0.2, -0.15) is 0 Å². The van der Waals surface area contributed by atoms with E-state index in [1.54, 1.807) is 0 Å². The van der Waals surface area contributed by atoms with Crippen LogP contribution < -0.4 is 0 Å². The van der Waals surface area contributed by atoms with Crippen LogP contribution in [0.5, 0.6) is 0 Å². The van der Waals surface area contributed by atoms with E-state index in [2.05, 4.69) is 33.4 Å². The van der Waals surface area contributed by atoms with Crippen LogP contribution in [0.4, 0.5) is 0 Å². The lowest BCUT2D eigenvalue weighted by atomic mass is 9.43. The second-order valence-corrected chi connectivity index (χ2v) is 9.73. The van der Waals surface area contributed by atoms with Crippen LogP contribution in [0, 0.1) is 22.2 Å². The van der Waals surface area contributed by atoms with E-state index in [4.69, 9.17) is 9.47 Å². The molecule has 134 valence electrons. The second-order valence-electron chi connectivity index (χ2n) is 9.73. The summed E-state index contributed by atoms with van der Waals surface area (Å²) in [5, 5.41) is 0. The third kappa shape index (κ3) is 1.70. The predicted molar refractivity (Wildman–Crippen MR) is 93.5 cm³/mol. The molecule has 24 heavy (non-hydrogen) atoms. The summed E-state index contributed by atoms with van der Waals surface area (Å²) in [5.74, 6) is 0.352. The van der Waals surface area contributed by atoms with Gasteiger partial charge in [-0.15, -0.1) is 6.58 Å². The van der Waals surface area contributed by atoms with Gasteiger partial charge in [0.05, 0.1) is 18.1 Å². The highest BCUT2D eigenvalue weighted by atomic mass is 16.6. The van der Waals surface area contributed by atoms with Crippen LogP contribution in [-0.4, -0.2) is 24.3 Å². The molecule has 3 aliphatic carbocycles. The molecule has 1 aliphatic heterocycles. The minimum Gasteiger partial charge on any atom is -0.469 e. The largest absolute Gasteiger partial charge is 0.469 e. The fraction of sp³-hybridized carbons (Fsp3) is 0.857. The topological polar surface area (TPSA) is 38.8 Å². The van der Waals surface area contributed by atoms with Crippen molar-refractivity contribution in [2.45, 2.75) is 83.3 Å². The van der Waals surface area contributed by atoms with Crippen molar-refractivity contribution >= 4 is 5.97 Å². The van der Waals surface area contributed by atoms with E-state index >= 15 is 0 Å². The van der Waals surface area contributed by atoms with Crippen molar-refractivity contribution in [1.82, 2.24) is 0 Å². The number of hydrogen-bond donors (Lipinski definition) is 0. The van der Waals surface area contributed by atoms with E-state index in [9.17, 15) is 4.79 Å². The van der Waals surface area contributed by atoms with Gasteiger partial charge in [0.2, 0.25) is 0 Å². The first-order valence-corrected chi connectivity index (χ1v) is 9.63. The van der Waals surface area contributed by atoms with Gasteiger partial charge in [-0.3, -0.25) is 4.79 Å². The van der Waals surface area contributed by atoms with Gasteiger partial charge in [0.1, 0.15) is 5.60 Å². The van der Waals surface area contributed by atoms with Crippen molar-refractivity contribution < 1.29 is 14.3 Å². The van der Waals surface area contributed by atoms with E-state index in [1.807, 2.05) is 0 Å². The molecule has 0 radical (unpaired) electrons. The van der Waals surface area contributed by atoms with Gasteiger partial charge >= 0.3 is 5.97 Å². The summed E-state index contributed by atoms with van der Waals surface area (Å²) in [6.45, 7) is 11.0. The van der Waals surface area contributed by atoms with Crippen LogP contribution in [0.25, 0.3) is 0 Å². The predicted octanol–water partition coefficient (Wildman–Crippen LogP) is 4.65. The molecule has 0 spiro atoms. The fourth-order valence-corrected chi connectivity index (χ4v) is 7.26. The minimum atomic E-state index is -0.353. The van der Waals surface area contributed by atoms with Crippen LogP contribution in [-0.2, 0) is 14.3 Å². The standard InChI is InChI=1S/C21H32O3/c1-6-17(2)12-13-21-19(4)10-7-9-18(3,16(22)23-5)15(19)8-11-20(21,14-17)24-21/h6,15H,1,7-14H2,2-5H3/t15-,17-,18+,19-,20-,21-/m0/s1.